The molecule has 0 radical (unpaired) electrons. The van der Waals surface area contributed by atoms with Gasteiger partial charge in [0.1, 0.15) is 0 Å². The van der Waals surface area contributed by atoms with Crippen LogP contribution in [0.1, 0.15) is 27.1 Å². The fourth-order valence-electron chi connectivity index (χ4n) is 3.30. The Kier molecular flexibility index (Phi) is 8.10. The van der Waals surface area contributed by atoms with Crippen LogP contribution in [0.3, 0.4) is 0 Å². The molecule has 1 saturated heterocycles. The average molecular weight is 451 g/mol. The summed E-state index contributed by atoms with van der Waals surface area (Å²) in [5, 5.41) is 3.90. The number of amides is 1. The Morgan fingerprint density at radius 3 is 2.57 bits per heavy atom. The Morgan fingerprint density at radius 2 is 1.83 bits per heavy atom. The molecule has 1 aliphatic heterocycles. The van der Waals surface area contributed by atoms with E-state index in [1.807, 2.05) is 0 Å². The van der Waals surface area contributed by atoms with Gasteiger partial charge in [-0.1, -0.05) is 23.2 Å². The van der Waals surface area contributed by atoms with Crippen molar-refractivity contribution in [3.8, 4) is 11.1 Å². The topological polar surface area (TPSA) is 67.9 Å². The second-order valence-corrected chi connectivity index (χ2v) is 7.82. The molecule has 6 nitrogen and oxygen atoms in total. The Bertz CT molecular complexity index is 914. The van der Waals surface area contributed by atoms with Crippen molar-refractivity contribution in [3.05, 3.63) is 57.6 Å². The highest BCUT2D eigenvalue weighted by Crippen LogP contribution is 2.32. The van der Waals surface area contributed by atoms with E-state index in [0.29, 0.717) is 33.3 Å². The molecule has 1 N–H and O–H groups in total. The van der Waals surface area contributed by atoms with Crippen LogP contribution in [-0.4, -0.2) is 63.3 Å². The van der Waals surface area contributed by atoms with Gasteiger partial charge in [0.15, 0.2) is 0 Å². The van der Waals surface area contributed by atoms with Gasteiger partial charge >= 0.3 is 5.97 Å². The number of hydrogen-bond donors (Lipinski definition) is 1. The SMILES string of the molecule is COC(=O)c1cc(C(=O)NCCCN2CCOCC2)cc(-c2cc(Cl)ccc2Cl)c1. The van der Waals surface area contributed by atoms with Gasteiger partial charge in [-0.05, 0) is 54.9 Å². The summed E-state index contributed by atoms with van der Waals surface area (Å²) >= 11 is 12.4. The largest absolute Gasteiger partial charge is 0.465 e. The molecule has 30 heavy (non-hydrogen) atoms. The zero-order chi connectivity index (χ0) is 21.5. The number of halogens is 2. The quantitative estimate of drug-likeness (QED) is 0.511. The molecule has 1 fully saturated rings. The van der Waals surface area contributed by atoms with Crippen molar-refractivity contribution >= 4 is 35.1 Å². The fraction of sp³-hybridized carbons (Fsp3) is 0.364. The van der Waals surface area contributed by atoms with E-state index in [1.165, 1.54) is 13.2 Å². The Morgan fingerprint density at radius 1 is 1.10 bits per heavy atom. The van der Waals surface area contributed by atoms with E-state index >= 15 is 0 Å². The van der Waals surface area contributed by atoms with Gasteiger partial charge in [-0.25, -0.2) is 4.79 Å². The van der Waals surface area contributed by atoms with Crippen LogP contribution in [0.15, 0.2) is 36.4 Å². The van der Waals surface area contributed by atoms with Gasteiger partial charge < -0.3 is 14.8 Å². The molecule has 0 aliphatic carbocycles. The lowest BCUT2D eigenvalue weighted by Gasteiger charge is -2.26. The zero-order valence-electron chi connectivity index (χ0n) is 16.7. The van der Waals surface area contributed by atoms with Crippen molar-refractivity contribution in [1.82, 2.24) is 10.2 Å². The van der Waals surface area contributed by atoms with E-state index < -0.39 is 5.97 Å². The minimum Gasteiger partial charge on any atom is -0.465 e. The molecule has 1 heterocycles. The number of nitrogens with one attached hydrogen (secondary N) is 1. The number of benzene rings is 2. The van der Waals surface area contributed by atoms with Crippen molar-refractivity contribution in [3.63, 3.8) is 0 Å². The Hall–Kier alpha value is -2.12. The average Bonchev–Trinajstić information content (AvgIpc) is 2.78. The van der Waals surface area contributed by atoms with Gasteiger partial charge in [0, 0.05) is 40.8 Å². The Balaban J connectivity index is 1.74. The number of hydrogen-bond acceptors (Lipinski definition) is 5. The maximum Gasteiger partial charge on any atom is 0.337 e. The first-order chi connectivity index (χ1) is 14.5. The molecule has 0 aromatic heterocycles. The fourth-order valence-corrected chi connectivity index (χ4v) is 3.70. The third kappa shape index (κ3) is 5.95. The summed E-state index contributed by atoms with van der Waals surface area (Å²) in [6.45, 7) is 4.77. The highest BCUT2D eigenvalue weighted by molar-refractivity contribution is 6.35. The van der Waals surface area contributed by atoms with Gasteiger partial charge in [-0.2, -0.15) is 0 Å². The van der Waals surface area contributed by atoms with Crippen LogP contribution >= 0.6 is 23.2 Å². The van der Waals surface area contributed by atoms with E-state index in [2.05, 4.69) is 10.2 Å². The van der Waals surface area contributed by atoms with Crippen molar-refractivity contribution in [1.29, 1.82) is 0 Å². The van der Waals surface area contributed by atoms with Gasteiger partial charge in [0.25, 0.3) is 5.91 Å². The lowest BCUT2D eigenvalue weighted by Crippen LogP contribution is -2.38. The Labute approximate surface area is 186 Å². The number of carbonyl (C=O) groups is 2. The van der Waals surface area contributed by atoms with Crippen LogP contribution in [0.2, 0.25) is 10.0 Å². The summed E-state index contributed by atoms with van der Waals surface area (Å²) in [6.07, 6.45) is 0.829. The number of nitrogens with zero attached hydrogens (tertiary/aromatic N) is 1. The van der Waals surface area contributed by atoms with E-state index in [9.17, 15) is 9.59 Å². The van der Waals surface area contributed by atoms with Crippen LogP contribution < -0.4 is 5.32 Å². The van der Waals surface area contributed by atoms with E-state index in [1.54, 1.807) is 30.3 Å². The molecule has 0 spiro atoms. The maximum atomic E-state index is 12.7. The van der Waals surface area contributed by atoms with Crippen molar-refractivity contribution in [2.24, 2.45) is 0 Å². The number of carbonyl (C=O) groups excluding carboxylic acids is 2. The number of methoxy groups -OCH3 is 1. The van der Waals surface area contributed by atoms with Gasteiger partial charge in [0.05, 0.1) is 25.9 Å². The summed E-state index contributed by atoms with van der Waals surface area (Å²) < 4.78 is 10.2. The standard InChI is InChI=1S/C22H24Cl2N2O4/c1-29-22(28)17-12-15(19-14-18(23)3-4-20(19)24)11-16(13-17)21(27)25-5-2-6-26-7-9-30-10-8-26/h3-4,11-14H,2,5-10H2,1H3,(H,25,27). The van der Waals surface area contributed by atoms with Gasteiger partial charge in [-0.3, -0.25) is 9.69 Å². The second-order valence-electron chi connectivity index (χ2n) is 6.98. The van der Waals surface area contributed by atoms with Gasteiger partial charge in [-0.15, -0.1) is 0 Å². The van der Waals surface area contributed by atoms with Crippen molar-refractivity contribution in [2.75, 3.05) is 46.5 Å². The molecule has 160 valence electrons. The normalized spacial score (nSPS) is 14.4. The summed E-state index contributed by atoms with van der Waals surface area (Å²) in [6, 6.07) is 9.91. The van der Waals surface area contributed by atoms with Crippen molar-refractivity contribution in [2.45, 2.75) is 6.42 Å². The maximum absolute atomic E-state index is 12.7. The summed E-state index contributed by atoms with van der Waals surface area (Å²) in [5.41, 5.74) is 1.87. The summed E-state index contributed by atoms with van der Waals surface area (Å²) in [4.78, 5) is 27.2. The first-order valence-electron chi connectivity index (χ1n) is 9.75. The van der Waals surface area contributed by atoms with Crippen LogP contribution in [0, 0.1) is 0 Å². The number of ether oxygens (including phenoxy) is 2. The molecule has 0 saturated carbocycles. The molecular formula is C22H24Cl2N2O4. The summed E-state index contributed by atoms with van der Waals surface area (Å²) in [5.74, 6) is -0.793. The minimum absolute atomic E-state index is 0.262. The number of esters is 1. The first kappa shape index (κ1) is 22.6. The highest BCUT2D eigenvalue weighted by atomic mass is 35.5. The molecule has 2 aromatic rings. The lowest BCUT2D eigenvalue weighted by atomic mass is 9.99. The predicted molar refractivity (Wildman–Crippen MR) is 117 cm³/mol. The lowest BCUT2D eigenvalue weighted by molar-refractivity contribution is 0.0374. The summed E-state index contributed by atoms with van der Waals surface area (Å²) in [7, 11) is 1.30. The monoisotopic (exact) mass is 450 g/mol. The third-order valence-corrected chi connectivity index (χ3v) is 5.46. The number of morpholine rings is 1. The molecule has 8 heteroatoms. The molecule has 3 rings (SSSR count). The third-order valence-electron chi connectivity index (χ3n) is 4.90. The van der Waals surface area contributed by atoms with Crippen LogP contribution in [-0.2, 0) is 9.47 Å². The van der Waals surface area contributed by atoms with Gasteiger partial charge in [0.2, 0.25) is 0 Å². The van der Waals surface area contributed by atoms with E-state index in [0.717, 1.165) is 39.3 Å². The number of rotatable bonds is 7. The van der Waals surface area contributed by atoms with Crippen LogP contribution in [0.5, 0.6) is 0 Å². The molecule has 0 unspecified atom stereocenters. The second kappa shape index (κ2) is 10.8. The smallest absolute Gasteiger partial charge is 0.337 e. The van der Waals surface area contributed by atoms with E-state index in [4.69, 9.17) is 32.7 Å². The molecule has 0 atom stereocenters. The van der Waals surface area contributed by atoms with Crippen LogP contribution in [0.4, 0.5) is 0 Å². The van der Waals surface area contributed by atoms with E-state index in [-0.39, 0.29) is 11.5 Å². The highest BCUT2D eigenvalue weighted by Gasteiger charge is 2.16. The van der Waals surface area contributed by atoms with Crippen molar-refractivity contribution < 1.29 is 19.1 Å². The minimum atomic E-state index is -0.531. The predicted octanol–water partition coefficient (Wildman–Crippen LogP) is 3.90. The zero-order valence-corrected chi connectivity index (χ0v) is 18.3. The molecule has 1 amide bonds. The molecule has 0 bridgehead atoms. The molecule has 2 aromatic carbocycles. The molecule has 1 aliphatic rings. The first-order valence-corrected chi connectivity index (χ1v) is 10.5. The molecular weight excluding hydrogens is 427 g/mol. The van der Waals surface area contributed by atoms with Crippen LogP contribution in [0.25, 0.3) is 11.1 Å².